The number of halogens is 4. The van der Waals surface area contributed by atoms with Crippen LogP contribution in [-0.2, 0) is 16.6 Å². The summed E-state index contributed by atoms with van der Waals surface area (Å²) in [7, 11) is -4.56. The fourth-order valence-corrected chi connectivity index (χ4v) is 2.28. The molecule has 0 amide bonds. The molecule has 0 unspecified atom stereocenters. The van der Waals surface area contributed by atoms with E-state index in [2.05, 4.69) is 0 Å². The number of benzene rings is 1. The maximum absolute atomic E-state index is 13.3. The Morgan fingerprint density at radius 3 is 2.39 bits per heavy atom. The van der Waals surface area contributed by atoms with Crippen molar-refractivity contribution in [3.63, 3.8) is 0 Å². The highest BCUT2D eigenvalue weighted by Crippen LogP contribution is 2.18. The third-order valence-electron chi connectivity index (χ3n) is 1.98. The van der Waals surface area contributed by atoms with Crippen molar-refractivity contribution in [3.05, 3.63) is 29.6 Å². The van der Waals surface area contributed by atoms with E-state index >= 15 is 0 Å². The van der Waals surface area contributed by atoms with E-state index in [1.165, 1.54) is 10.8 Å². The molecule has 0 aliphatic rings. The number of hydrogen-bond acceptors (Lipinski definition) is 3. The van der Waals surface area contributed by atoms with Gasteiger partial charge in [-0.25, -0.2) is 17.5 Å². The van der Waals surface area contributed by atoms with Gasteiger partial charge in [0.25, 0.3) is 0 Å². The molecule has 3 N–H and O–H groups in total. The molecule has 0 spiro atoms. The van der Waals surface area contributed by atoms with E-state index in [9.17, 15) is 26.0 Å². The molecule has 0 saturated carbocycles. The molecular formula is C9H10F4N2O2S. The molecule has 102 valence electrons. The summed E-state index contributed by atoms with van der Waals surface area (Å²) in [5.74, 6) is -1.14. The molecule has 0 atom stereocenters. The highest BCUT2D eigenvalue weighted by atomic mass is 32.2. The molecule has 0 aliphatic carbocycles. The number of nitrogens with one attached hydrogen (secondary N) is 1. The summed E-state index contributed by atoms with van der Waals surface area (Å²) >= 11 is 0. The normalized spacial score (nSPS) is 12.7. The molecule has 1 rings (SSSR count). The predicted molar refractivity (Wildman–Crippen MR) is 55.5 cm³/mol. The van der Waals surface area contributed by atoms with Crippen molar-refractivity contribution in [3.8, 4) is 0 Å². The SMILES string of the molecule is NCc1ccc(F)c(S(=O)(=O)NCC(F)(F)F)c1. The van der Waals surface area contributed by atoms with Gasteiger partial charge < -0.3 is 5.73 Å². The molecule has 0 heterocycles. The maximum atomic E-state index is 13.3. The Kier molecular flexibility index (Phi) is 4.30. The van der Waals surface area contributed by atoms with Gasteiger partial charge in [0.05, 0.1) is 0 Å². The quantitative estimate of drug-likeness (QED) is 0.815. The van der Waals surface area contributed by atoms with Crippen LogP contribution >= 0.6 is 0 Å². The Morgan fingerprint density at radius 1 is 1.28 bits per heavy atom. The molecule has 1 aromatic rings. The first-order chi connectivity index (χ1) is 8.15. The van der Waals surface area contributed by atoms with Gasteiger partial charge in [0.2, 0.25) is 10.0 Å². The van der Waals surface area contributed by atoms with Crippen LogP contribution in [0.15, 0.2) is 23.1 Å². The Bertz CT molecular complexity index is 528. The molecule has 18 heavy (non-hydrogen) atoms. The third kappa shape index (κ3) is 3.93. The molecule has 4 nitrogen and oxygen atoms in total. The van der Waals surface area contributed by atoms with Gasteiger partial charge in [0.15, 0.2) is 0 Å². The summed E-state index contributed by atoms with van der Waals surface area (Å²) < 4.78 is 73.2. The standard InChI is InChI=1S/C9H10F4N2O2S/c10-7-2-1-6(4-14)3-8(7)18(16,17)15-5-9(11,12)13/h1-3,15H,4-5,14H2. The molecule has 0 radical (unpaired) electrons. The molecule has 0 aromatic heterocycles. The summed E-state index contributed by atoms with van der Waals surface area (Å²) in [6.45, 7) is -1.82. The van der Waals surface area contributed by atoms with Gasteiger partial charge in [-0.05, 0) is 17.7 Å². The summed E-state index contributed by atoms with van der Waals surface area (Å²) in [5, 5.41) is 0. The minimum absolute atomic E-state index is 0.0535. The van der Waals surface area contributed by atoms with Crippen LogP contribution in [0.3, 0.4) is 0 Å². The molecule has 0 bridgehead atoms. The van der Waals surface area contributed by atoms with Crippen molar-refractivity contribution in [2.45, 2.75) is 17.6 Å². The van der Waals surface area contributed by atoms with E-state index in [4.69, 9.17) is 5.73 Å². The topological polar surface area (TPSA) is 72.2 Å². The largest absolute Gasteiger partial charge is 0.402 e. The first kappa shape index (κ1) is 14.9. The van der Waals surface area contributed by atoms with Crippen LogP contribution < -0.4 is 10.5 Å². The summed E-state index contributed by atoms with van der Waals surface area (Å²) in [6, 6.07) is 2.98. The van der Waals surface area contributed by atoms with Crippen LogP contribution in [0.4, 0.5) is 17.6 Å². The van der Waals surface area contributed by atoms with E-state index in [-0.39, 0.29) is 6.54 Å². The second kappa shape index (κ2) is 5.21. The Labute approximate surface area is 101 Å². The monoisotopic (exact) mass is 286 g/mol. The van der Waals surface area contributed by atoms with Crippen molar-refractivity contribution in [1.82, 2.24) is 4.72 Å². The zero-order chi connectivity index (χ0) is 14.0. The van der Waals surface area contributed by atoms with Gasteiger partial charge in [0, 0.05) is 6.54 Å². The number of hydrogen-bond donors (Lipinski definition) is 2. The molecule has 0 aliphatic heterocycles. The lowest BCUT2D eigenvalue weighted by Gasteiger charge is -2.10. The second-order valence-corrected chi connectivity index (χ2v) is 5.14. The van der Waals surface area contributed by atoms with Crippen molar-refractivity contribution in [2.75, 3.05) is 6.54 Å². The summed E-state index contributed by atoms with van der Waals surface area (Å²) in [4.78, 5) is -0.852. The van der Waals surface area contributed by atoms with Crippen molar-refractivity contribution in [2.24, 2.45) is 5.73 Å². The van der Waals surface area contributed by atoms with Crippen molar-refractivity contribution < 1.29 is 26.0 Å². The van der Waals surface area contributed by atoms with E-state index in [0.717, 1.165) is 12.1 Å². The van der Waals surface area contributed by atoms with Gasteiger partial charge in [-0.1, -0.05) is 6.07 Å². The smallest absolute Gasteiger partial charge is 0.326 e. The fourth-order valence-electron chi connectivity index (χ4n) is 1.14. The zero-order valence-electron chi connectivity index (χ0n) is 8.96. The summed E-state index contributed by atoms with van der Waals surface area (Å²) in [5.41, 5.74) is 5.53. The Morgan fingerprint density at radius 2 is 1.89 bits per heavy atom. The first-order valence-electron chi connectivity index (χ1n) is 4.70. The minimum atomic E-state index is -4.71. The average molecular weight is 286 g/mol. The van der Waals surface area contributed by atoms with Crippen LogP contribution in [0.5, 0.6) is 0 Å². The Hall–Kier alpha value is -1.19. The zero-order valence-corrected chi connectivity index (χ0v) is 9.78. The number of rotatable bonds is 4. The van der Waals surface area contributed by atoms with E-state index < -0.39 is 33.5 Å². The second-order valence-electron chi connectivity index (χ2n) is 3.41. The van der Waals surface area contributed by atoms with Gasteiger partial charge in [-0.3, -0.25) is 0 Å². The van der Waals surface area contributed by atoms with Crippen LogP contribution in [0, 0.1) is 5.82 Å². The maximum Gasteiger partial charge on any atom is 0.402 e. The van der Waals surface area contributed by atoms with Crippen LogP contribution in [0.25, 0.3) is 0 Å². The van der Waals surface area contributed by atoms with Gasteiger partial charge >= 0.3 is 6.18 Å². The van der Waals surface area contributed by atoms with Crippen molar-refractivity contribution >= 4 is 10.0 Å². The van der Waals surface area contributed by atoms with Crippen molar-refractivity contribution in [1.29, 1.82) is 0 Å². The van der Waals surface area contributed by atoms with Gasteiger partial charge in [-0.15, -0.1) is 0 Å². The van der Waals surface area contributed by atoms with Gasteiger partial charge in [-0.2, -0.15) is 13.2 Å². The lowest BCUT2D eigenvalue weighted by molar-refractivity contribution is -0.121. The highest BCUT2D eigenvalue weighted by Gasteiger charge is 2.31. The van der Waals surface area contributed by atoms with Crippen LogP contribution in [0.1, 0.15) is 5.56 Å². The highest BCUT2D eigenvalue weighted by molar-refractivity contribution is 7.89. The molecule has 1 aromatic carbocycles. The van der Waals surface area contributed by atoms with E-state index in [0.29, 0.717) is 5.56 Å². The van der Waals surface area contributed by atoms with Crippen LogP contribution in [0.2, 0.25) is 0 Å². The lowest BCUT2D eigenvalue weighted by atomic mass is 10.2. The van der Waals surface area contributed by atoms with E-state index in [1.807, 2.05) is 0 Å². The molecule has 9 heteroatoms. The first-order valence-corrected chi connectivity index (χ1v) is 6.19. The summed E-state index contributed by atoms with van der Waals surface area (Å²) in [6.07, 6.45) is -4.71. The van der Waals surface area contributed by atoms with E-state index in [1.54, 1.807) is 0 Å². The fraction of sp³-hybridized carbons (Fsp3) is 0.333. The van der Waals surface area contributed by atoms with Crippen LogP contribution in [-0.4, -0.2) is 21.1 Å². The molecule has 0 saturated heterocycles. The predicted octanol–water partition coefficient (Wildman–Crippen LogP) is 1.12. The number of nitrogens with two attached hydrogens (primary N) is 1. The third-order valence-corrected chi connectivity index (χ3v) is 3.40. The molecule has 0 fully saturated rings. The molecular weight excluding hydrogens is 276 g/mol. The average Bonchev–Trinajstić information content (AvgIpc) is 2.26. The number of sulfonamides is 1. The number of alkyl halides is 3. The Balaban J connectivity index is 3.05. The van der Waals surface area contributed by atoms with Gasteiger partial charge in [0.1, 0.15) is 17.3 Å². The lowest BCUT2D eigenvalue weighted by Crippen LogP contribution is -2.34. The minimum Gasteiger partial charge on any atom is -0.326 e.